The monoisotopic (exact) mass is 286 g/mol. The lowest BCUT2D eigenvalue weighted by Crippen LogP contribution is -2.00. The van der Waals surface area contributed by atoms with Crippen LogP contribution in [-0.4, -0.2) is 11.0 Å². The summed E-state index contributed by atoms with van der Waals surface area (Å²) in [5, 5.41) is 10.2. The Labute approximate surface area is 125 Å². The van der Waals surface area contributed by atoms with Crippen molar-refractivity contribution in [2.75, 3.05) is 5.88 Å². The number of hydrogen-bond acceptors (Lipinski definition) is 1. The van der Waals surface area contributed by atoms with Crippen molar-refractivity contribution < 1.29 is 5.11 Å². The van der Waals surface area contributed by atoms with Gasteiger partial charge in [0, 0.05) is 5.88 Å². The molecule has 0 aliphatic rings. The normalized spacial score (nSPS) is 12.7. The summed E-state index contributed by atoms with van der Waals surface area (Å²) in [5.41, 5.74) is 3.17. The molecule has 104 valence electrons. The summed E-state index contributed by atoms with van der Waals surface area (Å²) in [4.78, 5) is 0. The van der Waals surface area contributed by atoms with Crippen LogP contribution in [-0.2, 0) is 0 Å². The molecule has 1 N–H and O–H groups in total. The van der Waals surface area contributed by atoms with Gasteiger partial charge < -0.3 is 5.11 Å². The topological polar surface area (TPSA) is 20.2 Å². The van der Waals surface area contributed by atoms with Crippen LogP contribution < -0.4 is 0 Å². The first-order valence-corrected chi connectivity index (χ1v) is 7.41. The molecule has 0 bridgehead atoms. The largest absolute Gasteiger partial charge is 0.388 e. The van der Waals surface area contributed by atoms with Crippen molar-refractivity contribution in [2.45, 2.75) is 18.9 Å². The van der Waals surface area contributed by atoms with E-state index in [9.17, 15) is 5.11 Å². The number of alkyl halides is 1. The summed E-state index contributed by atoms with van der Waals surface area (Å²) in [5.74, 6) is 0.582. The molecule has 0 saturated carbocycles. The highest BCUT2D eigenvalue weighted by atomic mass is 35.5. The number of aliphatic hydroxyl groups excluding tert-OH is 1. The van der Waals surface area contributed by atoms with E-state index in [1.54, 1.807) is 0 Å². The van der Waals surface area contributed by atoms with Crippen molar-refractivity contribution in [2.24, 2.45) is 0 Å². The highest BCUT2D eigenvalue weighted by Crippen LogP contribution is 2.24. The molecule has 0 saturated heterocycles. The molecule has 0 radical (unpaired) electrons. The average molecular weight is 287 g/mol. The van der Waals surface area contributed by atoms with Gasteiger partial charge in [-0.25, -0.2) is 0 Å². The zero-order valence-corrected chi connectivity index (χ0v) is 12.1. The van der Waals surface area contributed by atoms with Crippen LogP contribution in [0.4, 0.5) is 0 Å². The predicted molar refractivity (Wildman–Crippen MR) is 86.7 cm³/mol. The van der Waals surface area contributed by atoms with Gasteiger partial charge in [-0.3, -0.25) is 0 Å². The van der Waals surface area contributed by atoms with E-state index in [1.165, 1.54) is 0 Å². The molecule has 2 rings (SSSR count). The lowest BCUT2D eigenvalue weighted by molar-refractivity contribution is 0.166. The smallest absolute Gasteiger partial charge is 0.0796 e. The number of aliphatic hydroxyl groups is 1. The quantitative estimate of drug-likeness (QED) is 0.591. The van der Waals surface area contributed by atoms with E-state index in [2.05, 4.69) is 24.3 Å². The second kappa shape index (κ2) is 7.88. The lowest BCUT2D eigenvalue weighted by Gasteiger charge is -2.13. The van der Waals surface area contributed by atoms with Crippen LogP contribution >= 0.6 is 11.6 Å². The van der Waals surface area contributed by atoms with Crippen LogP contribution in [0.5, 0.6) is 0 Å². The van der Waals surface area contributed by atoms with Gasteiger partial charge >= 0.3 is 0 Å². The molecule has 1 unspecified atom stereocenters. The van der Waals surface area contributed by atoms with E-state index in [-0.39, 0.29) is 0 Å². The van der Waals surface area contributed by atoms with Gasteiger partial charge in [-0.2, -0.15) is 0 Å². The Hall–Kier alpha value is -1.57. The van der Waals surface area contributed by atoms with Crippen molar-refractivity contribution in [1.82, 2.24) is 0 Å². The fraction of sp³-hybridized carbons (Fsp3) is 0.222. The van der Waals surface area contributed by atoms with E-state index >= 15 is 0 Å². The van der Waals surface area contributed by atoms with E-state index in [1.807, 2.05) is 42.5 Å². The predicted octanol–water partition coefficient (Wildman–Crippen LogP) is 4.91. The standard InChI is InChI=1S/C18H19ClO/c19-14-6-11-18(20)17-10-5-4-9-16(17)13-12-15-7-2-1-3-8-15/h1-5,7-10,12-13,18,20H,6,11,14H2/b13-12+. The van der Waals surface area contributed by atoms with Crippen LogP contribution in [0, 0.1) is 0 Å². The lowest BCUT2D eigenvalue weighted by atomic mass is 9.98. The van der Waals surface area contributed by atoms with Crippen molar-refractivity contribution in [3.8, 4) is 0 Å². The summed E-state index contributed by atoms with van der Waals surface area (Å²) >= 11 is 5.69. The van der Waals surface area contributed by atoms with Gasteiger partial charge in [0.1, 0.15) is 0 Å². The Morgan fingerprint density at radius 2 is 1.65 bits per heavy atom. The van der Waals surface area contributed by atoms with Crippen molar-refractivity contribution in [1.29, 1.82) is 0 Å². The maximum absolute atomic E-state index is 10.2. The number of halogens is 1. The van der Waals surface area contributed by atoms with Crippen LogP contribution in [0.25, 0.3) is 12.2 Å². The number of hydrogen-bond donors (Lipinski definition) is 1. The molecule has 0 aliphatic heterocycles. The Kier molecular flexibility index (Phi) is 5.85. The Balaban J connectivity index is 2.17. The third kappa shape index (κ3) is 4.22. The molecule has 0 heterocycles. The van der Waals surface area contributed by atoms with Gasteiger partial charge in [-0.05, 0) is 29.5 Å². The zero-order chi connectivity index (χ0) is 14.2. The van der Waals surface area contributed by atoms with Crippen molar-refractivity contribution in [3.05, 3.63) is 71.3 Å². The molecule has 20 heavy (non-hydrogen) atoms. The van der Waals surface area contributed by atoms with Crippen molar-refractivity contribution >= 4 is 23.8 Å². The van der Waals surface area contributed by atoms with E-state index in [4.69, 9.17) is 11.6 Å². The average Bonchev–Trinajstić information content (AvgIpc) is 2.52. The van der Waals surface area contributed by atoms with Crippen LogP contribution in [0.3, 0.4) is 0 Å². The highest BCUT2D eigenvalue weighted by molar-refractivity contribution is 6.17. The fourth-order valence-electron chi connectivity index (χ4n) is 2.14. The molecule has 0 spiro atoms. The maximum atomic E-state index is 10.2. The van der Waals surface area contributed by atoms with Crippen LogP contribution in [0.2, 0.25) is 0 Å². The summed E-state index contributed by atoms with van der Waals surface area (Å²) in [6.45, 7) is 0. The second-order valence-electron chi connectivity index (χ2n) is 4.72. The molecule has 0 aromatic heterocycles. The first-order valence-electron chi connectivity index (χ1n) is 6.87. The fourth-order valence-corrected chi connectivity index (χ4v) is 2.30. The summed E-state index contributed by atoms with van der Waals surface area (Å²) < 4.78 is 0. The summed E-state index contributed by atoms with van der Waals surface area (Å²) in [6, 6.07) is 18.1. The second-order valence-corrected chi connectivity index (χ2v) is 5.10. The molecule has 2 aromatic carbocycles. The van der Waals surface area contributed by atoms with Crippen LogP contribution in [0.15, 0.2) is 54.6 Å². The molecule has 2 aromatic rings. The van der Waals surface area contributed by atoms with Gasteiger partial charge in [0.2, 0.25) is 0 Å². The Morgan fingerprint density at radius 1 is 0.950 bits per heavy atom. The summed E-state index contributed by atoms with van der Waals surface area (Å²) in [6.07, 6.45) is 5.17. The highest BCUT2D eigenvalue weighted by Gasteiger charge is 2.09. The van der Waals surface area contributed by atoms with E-state index in [0.717, 1.165) is 23.1 Å². The van der Waals surface area contributed by atoms with Crippen molar-refractivity contribution in [3.63, 3.8) is 0 Å². The zero-order valence-electron chi connectivity index (χ0n) is 11.4. The molecule has 0 aliphatic carbocycles. The minimum Gasteiger partial charge on any atom is -0.388 e. The van der Waals surface area contributed by atoms with Crippen LogP contribution in [0.1, 0.15) is 35.6 Å². The molecular formula is C18H19ClO. The maximum Gasteiger partial charge on any atom is 0.0796 e. The number of rotatable bonds is 6. The van der Waals surface area contributed by atoms with E-state index in [0.29, 0.717) is 12.3 Å². The van der Waals surface area contributed by atoms with Gasteiger partial charge in [-0.1, -0.05) is 66.7 Å². The van der Waals surface area contributed by atoms with Gasteiger partial charge in [-0.15, -0.1) is 11.6 Å². The minimum atomic E-state index is -0.453. The third-order valence-electron chi connectivity index (χ3n) is 3.22. The minimum absolute atomic E-state index is 0.453. The summed E-state index contributed by atoms with van der Waals surface area (Å²) in [7, 11) is 0. The first-order chi connectivity index (χ1) is 9.81. The van der Waals surface area contributed by atoms with E-state index < -0.39 is 6.10 Å². The Bertz CT molecular complexity index is 548. The molecular weight excluding hydrogens is 268 g/mol. The van der Waals surface area contributed by atoms with Gasteiger partial charge in [0.05, 0.1) is 6.10 Å². The SMILES string of the molecule is OC(CCCCl)c1ccccc1/C=C/c1ccccc1. The Morgan fingerprint density at radius 3 is 2.40 bits per heavy atom. The number of benzene rings is 2. The molecule has 0 fully saturated rings. The third-order valence-corrected chi connectivity index (χ3v) is 3.49. The van der Waals surface area contributed by atoms with Gasteiger partial charge in [0.25, 0.3) is 0 Å². The molecule has 1 nitrogen and oxygen atoms in total. The first kappa shape index (κ1) is 14.8. The molecule has 2 heteroatoms. The molecule has 1 atom stereocenters. The van der Waals surface area contributed by atoms with Gasteiger partial charge in [0.15, 0.2) is 0 Å². The molecule has 0 amide bonds.